The number of aromatic hydroxyl groups is 1. The number of amides is 1. The molecular weight excluding hydrogens is 268 g/mol. The van der Waals surface area contributed by atoms with Gasteiger partial charge in [0.2, 0.25) is 5.82 Å². The van der Waals surface area contributed by atoms with Gasteiger partial charge in [-0.1, -0.05) is 11.6 Å². The lowest BCUT2D eigenvalue weighted by molar-refractivity contribution is 0.0898. The topological polar surface area (TPSA) is 78.4 Å². The van der Waals surface area contributed by atoms with Crippen LogP contribution in [0.4, 0.5) is 0 Å². The van der Waals surface area contributed by atoms with Crippen molar-refractivity contribution >= 4 is 17.5 Å². The molecule has 3 rings (SSSR count). The van der Waals surface area contributed by atoms with Crippen LogP contribution in [0.2, 0.25) is 5.15 Å². The lowest BCUT2D eigenvalue weighted by Gasteiger charge is -2.30. The summed E-state index contributed by atoms with van der Waals surface area (Å²) < 4.78 is 0. The van der Waals surface area contributed by atoms with E-state index in [-0.39, 0.29) is 28.7 Å². The summed E-state index contributed by atoms with van der Waals surface area (Å²) >= 11 is 5.67. The smallest absolute Gasteiger partial charge is 0.289 e. The Morgan fingerprint density at radius 3 is 3.11 bits per heavy atom. The lowest BCUT2D eigenvalue weighted by atomic mass is 9.97. The average molecular weight is 283 g/mol. The molecule has 2 aliphatic rings. The Morgan fingerprint density at radius 2 is 2.37 bits per heavy atom. The fraction of sp³-hybridized carbons (Fsp3) is 0.583. The van der Waals surface area contributed by atoms with Gasteiger partial charge in [0.05, 0.1) is 6.20 Å². The number of hydrogen-bond acceptors (Lipinski definition) is 5. The van der Waals surface area contributed by atoms with E-state index >= 15 is 0 Å². The number of fused-ring (bicyclic) bond motifs is 2. The van der Waals surface area contributed by atoms with Crippen molar-refractivity contribution < 1.29 is 9.90 Å². The normalized spacial score (nSPS) is 29.2. The molecule has 1 aromatic heterocycles. The zero-order valence-electron chi connectivity index (χ0n) is 10.3. The summed E-state index contributed by atoms with van der Waals surface area (Å²) in [5, 5.41) is 12.1. The fourth-order valence-corrected chi connectivity index (χ4v) is 3.01. The highest BCUT2D eigenvalue weighted by Gasteiger charge is 2.33. The van der Waals surface area contributed by atoms with E-state index in [4.69, 9.17) is 11.6 Å². The maximum Gasteiger partial charge on any atom is 0.289 e. The predicted octanol–water partition coefficient (Wildman–Crippen LogP) is 0.660. The van der Waals surface area contributed by atoms with Crippen LogP contribution in [0.15, 0.2) is 6.20 Å². The van der Waals surface area contributed by atoms with Crippen LogP contribution in [0.3, 0.4) is 0 Å². The molecule has 0 spiro atoms. The molecule has 0 radical (unpaired) electrons. The Morgan fingerprint density at radius 1 is 1.53 bits per heavy atom. The third-order valence-corrected chi connectivity index (χ3v) is 4.01. The van der Waals surface area contributed by atoms with Crippen molar-refractivity contribution in [2.24, 2.45) is 5.92 Å². The molecule has 2 saturated heterocycles. The SMILES string of the molecule is O=C(N[C@@H]1C[C@H]2CCN(C2)C1)c1ncc(O)c(Cl)n1. The van der Waals surface area contributed by atoms with Crippen molar-refractivity contribution in [1.29, 1.82) is 0 Å². The number of hydrogen-bond donors (Lipinski definition) is 2. The summed E-state index contributed by atoms with van der Waals surface area (Å²) in [5.41, 5.74) is 0. The number of piperidine rings is 1. The minimum absolute atomic E-state index is 0.00396. The van der Waals surface area contributed by atoms with Crippen LogP contribution in [-0.4, -0.2) is 51.6 Å². The molecule has 0 aromatic carbocycles. The first-order valence-electron chi connectivity index (χ1n) is 6.36. The van der Waals surface area contributed by atoms with Gasteiger partial charge in [-0.25, -0.2) is 9.97 Å². The summed E-state index contributed by atoms with van der Waals surface area (Å²) in [6.07, 6.45) is 3.36. The molecule has 102 valence electrons. The van der Waals surface area contributed by atoms with Gasteiger partial charge in [0.25, 0.3) is 5.91 Å². The number of nitrogens with zero attached hydrogens (tertiary/aromatic N) is 3. The van der Waals surface area contributed by atoms with Gasteiger partial charge in [-0.3, -0.25) is 4.79 Å². The van der Waals surface area contributed by atoms with Crippen LogP contribution in [-0.2, 0) is 0 Å². The first-order chi connectivity index (χ1) is 9.11. The van der Waals surface area contributed by atoms with E-state index in [1.165, 1.54) is 6.42 Å². The van der Waals surface area contributed by atoms with Crippen LogP contribution in [0, 0.1) is 5.92 Å². The summed E-state index contributed by atoms with van der Waals surface area (Å²) in [6, 6.07) is 0.143. The second-order valence-corrected chi connectivity index (χ2v) is 5.55. The molecule has 0 aliphatic carbocycles. The third-order valence-electron chi connectivity index (χ3n) is 3.73. The highest BCUT2D eigenvalue weighted by molar-refractivity contribution is 6.30. The van der Waals surface area contributed by atoms with E-state index in [0.717, 1.165) is 32.3 Å². The Kier molecular flexibility index (Phi) is 3.28. The molecule has 3 atom stereocenters. The van der Waals surface area contributed by atoms with Gasteiger partial charge in [0.15, 0.2) is 10.9 Å². The maximum absolute atomic E-state index is 12.0. The largest absolute Gasteiger partial charge is 0.504 e. The molecule has 1 amide bonds. The van der Waals surface area contributed by atoms with E-state index in [2.05, 4.69) is 20.2 Å². The molecular formula is C12H15ClN4O2. The number of halogens is 1. The van der Waals surface area contributed by atoms with Gasteiger partial charge >= 0.3 is 0 Å². The highest BCUT2D eigenvalue weighted by atomic mass is 35.5. The zero-order valence-corrected chi connectivity index (χ0v) is 11.1. The van der Waals surface area contributed by atoms with E-state index in [9.17, 15) is 9.90 Å². The molecule has 2 fully saturated rings. The number of nitrogens with one attached hydrogen (secondary N) is 1. The zero-order chi connectivity index (χ0) is 13.4. The molecule has 1 aromatic rings. The molecule has 2 bridgehead atoms. The minimum Gasteiger partial charge on any atom is -0.504 e. The summed E-state index contributed by atoms with van der Waals surface area (Å²) in [6.45, 7) is 3.15. The number of rotatable bonds is 2. The number of carbonyl (C=O) groups is 1. The van der Waals surface area contributed by atoms with Crippen LogP contribution >= 0.6 is 11.6 Å². The highest BCUT2D eigenvalue weighted by Crippen LogP contribution is 2.26. The van der Waals surface area contributed by atoms with Gasteiger partial charge in [-0.2, -0.15) is 0 Å². The van der Waals surface area contributed by atoms with Crippen molar-refractivity contribution in [2.45, 2.75) is 18.9 Å². The monoisotopic (exact) mass is 282 g/mol. The summed E-state index contributed by atoms with van der Waals surface area (Å²) in [5.74, 6) is 0.119. The Labute approximate surface area is 115 Å². The Balaban J connectivity index is 1.66. The molecule has 1 unspecified atom stereocenters. The number of aromatic nitrogens is 2. The lowest BCUT2D eigenvalue weighted by Crippen LogP contribution is -2.47. The van der Waals surface area contributed by atoms with Gasteiger partial charge in [-0.05, 0) is 25.3 Å². The molecule has 6 nitrogen and oxygen atoms in total. The fourth-order valence-electron chi connectivity index (χ4n) is 2.88. The standard InChI is InChI=1S/C12H15ClN4O2/c13-10-9(18)4-14-11(16-10)12(19)15-8-3-7-1-2-17(5-7)6-8/h4,7-8,18H,1-3,5-6H2,(H,15,19)/t7-,8-/m1/s1. The van der Waals surface area contributed by atoms with Gasteiger partial charge in [0, 0.05) is 19.1 Å². The molecule has 19 heavy (non-hydrogen) atoms. The second-order valence-electron chi connectivity index (χ2n) is 5.19. The van der Waals surface area contributed by atoms with Crippen LogP contribution in [0.25, 0.3) is 0 Å². The molecule has 3 heterocycles. The van der Waals surface area contributed by atoms with Crippen molar-refractivity contribution in [1.82, 2.24) is 20.2 Å². The third kappa shape index (κ3) is 2.64. The van der Waals surface area contributed by atoms with Crippen molar-refractivity contribution in [3.8, 4) is 5.75 Å². The molecule has 2 N–H and O–H groups in total. The molecule has 7 heteroatoms. The van der Waals surface area contributed by atoms with Crippen molar-refractivity contribution in [2.75, 3.05) is 19.6 Å². The van der Waals surface area contributed by atoms with Crippen molar-refractivity contribution in [3.63, 3.8) is 0 Å². The van der Waals surface area contributed by atoms with Gasteiger partial charge in [0.1, 0.15) is 0 Å². The number of carbonyl (C=O) groups excluding carboxylic acids is 1. The second kappa shape index (κ2) is 4.94. The summed E-state index contributed by atoms with van der Waals surface area (Å²) in [4.78, 5) is 21.9. The van der Waals surface area contributed by atoms with Crippen LogP contribution in [0.1, 0.15) is 23.5 Å². The average Bonchev–Trinajstić information content (AvgIpc) is 2.72. The van der Waals surface area contributed by atoms with E-state index in [0.29, 0.717) is 5.92 Å². The first-order valence-corrected chi connectivity index (χ1v) is 6.74. The quantitative estimate of drug-likeness (QED) is 0.779. The summed E-state index contributed by atoms with van der Waals surface area (Å²) in [7, 11) is 0. The van der Waals surface area contributed by atoms with E-state index in [1.54, 1.807) is 0 Å². The minimum atomic E-state index is -0.339. The Bertz CT molecular complexity index is 499. The van der Waals surface area contributed by atoms with Crippen LogP contribution in [0.5, 0.6) is 5.75 Å². The van der Waals surface area contributed by atoms with Crippen molar-refractivity contribution in [3.05, 3.63) is 17.2 Å². The van der Waals surface area contributed by atoms with Gasteiger partial charge in [-0.15, -0.1) is 0 Å². The molecule has 2 aliphatic heterocycles. The van der Waals surface area contributed by atoms with E-state index in [1.807, 2.05) is 0 Å². The predicted molar refractivity (Wildman–Crippen MR) is 69.1 cm³/mol. The van der Waals surface area contributed by atoms with E-state index < -0.39 is 0 Å². The Hall–Kier alpha value is -1.40. The maximum atomic E-state index is 12.0. The molecule has 0 saturated carbocycles. The van der Waals surface area contributed by atoms with Gasteiger partial charge < -0.3 is 15.3 Å². The van der Waals surface area contributed by atoms with Crippen LogP contribution < -0.4 is 5.32 Å². The first kappa shape index (κ1) is 12.6.